The summed E-state index contributed by atoms with van der Waals surface area (Å²) in [5, 5.41) is 3.26. The van der Waals surface area contributed by atoms with E-state index in [-0.39, 0.29) is 6.10 Å². The summed E-state index contributed by atoms with van der Waals surface area (Å²) in [6, 6.07) is 7.66. The Kier molecular flexibility index (Phi) is 5.90. The molecule has 3 N–H and O–H groups in total. The van der Waals surface area contributed by atoms with Gasteiger partial charge < -0.3 is 20.5 Å². The van der Waals surface area contributed by atoms with E-state index in [1.807, 2.05) is 24.3 Å². The van der Waals surface area contributed by atoms with Gasteiger partial charge in [0.15, 0.2) is 0 Å². The van der Waals surface area contributed by atoms with E-state index in [9.17, 15) is 0 Å². The maximum absolute atomic E-state index is 5.52. The van der Waals surface area contributed by atoms with Crippen LogP contribution in [0.4, 0.5) is 5.69 Å². The number of ether oxygens (including phenoxy) is 2. The van der Waals surface area contributed by atoms with Crippen LogP contribution in [0.3, 0.4) is 0 Å². The number of nitrogens with one attached hydrogen (secondary N) is 1. The third-order valence-corrected chi connectivity index (χ3v) is 2.62. The highest BCUT2D eigenvalue weighted by Gasteiger charge is 2.06. The van der Waals surface area contributed by atoms with Crippen LogP contribution in [0.1, 0.15) is 5.56 Å². The molecule has 0 aliphatic heterocycles. The molecule has 4 nitrogen and oxygen atoms in total. The average Bonchev–Trinajstić information content (AvgIpc) is 2.35. The van der Waals surface area contributed by atoms with Gasteiger partial charge in [-0.2, -0.15) is 0 Å². The lowest BCUT2D eigenvalue weighted by molar-refractivity contribution is 0.0365. The Morgan fingerprint density at radius 3 is 2.47 bits per heavy atom. The number of benzene rings is 1. The minimum absolute atomic E-state index is 0.0373. The Balaban J connectivity index is 2.48. The summed E-state index contributed by atoms with van der Waals surface area (Å²) in [7, 11) is 3.32. The molecular formula is C12H18N2O2S. The molecule has 1 aromatic carbocycles. The first-order valence-corrected chi connectivity index (χ1v) is 5.73. The highest BCUT2D eigenvalue weighted by atomic mass is 32.1. The van der Waals surface area contributed by atoms with Gasteiger partial charge in [0.1, 0.15) is 4.99 Å². The Morgan fingerprint density at radius 2 is 2.00 bits per heavy atom. The first-order chi connectivity index (χ1) is 8.17. The Labute approximate surface area is 107 Å². The van der Waals surface area contributed by atoms with E-state index in [0.29, 0.717) is 18.1 Å². The second-order valence-corrected chi connectivity index (χ2v) is 4.08. The number of hydrogen-bond donors (Lipinski definition) is 2. The fourth-order valence-electron chi connectivity index (χ4n) is 1.38. The van der Waals surface area contributed by atoms with Crippen molar-refractivity contribution in [2.24, 2.45) is 5.73 Å². The van der Waals surface area contributed by atoms with Crippen molar-refractivity contribution in [3.63, 3.8) is 0 Å². The topological polar surface area (TPSA) is 56.5 Å². The third kappa shape index (κ3) is 4.68. The van der Waals surface area contributed by atoms with Gasteiger partial charge in [0, 0.05) is 32.0 Å². The van der Waals surface area contributed by atoms with Crippen LogP contribution >= 0.6 is 12.2 Å². The molecule has 5 heteroatoms. The molecule has 0 aliphatic rings. The molecular weight excluding hydrogens is 236 g/mol. The molecule has 0 aliphatic carbocycles. The monoisotopic (exact) mass is 254 g/mol. The molecule has 1 aromatic rings. The summed E-state index contributed by atoms with van der Waals surface area (Å²) in [5.74, 6) is 0. The molecule has 0 radical (unpaired) electrons. The highest BCUT2D eigenvalue weighted by Crippen LogP contribution is 2.09. The van der Waals surface area contributed by atoms with Gasteiger partial charge in [-0.15, -0.1) is 0 Å². The summed E-state index contributed by atoms with van der Waals surface area (Å²) < 4.78 is 10.3. The molecule has 17 heavy (non-hydrogen) atoms. The summed E-state index contributed by atoms with van der Waals surface area (Å²) in [4.78, 5) is 0.408. The third-order valence-electron chi connectivity index (χ3n) is 2.39. The fourth-order valence-corrected chi connectivity index (χ4v) is 1.52. The van der Waals surface area contributed by atoms with Gasteiger partial charge in [-0.1, -0.05) is 12.2 Å². The number of rotatable bonds is 7. The normalized spacial score (nSPS) is 12.1. The second kappa shape index (κ2) is 7.21. The zero-order valence-corrected chi connectivity index (χ0v) is 10.9. The van der Waals surface area contributed by atoms with Gasteiger partial charge in [0.25, 0.3) is 0 Å². The molecule has 94 valence electrons. The van der Waals surface area contributed by atoms with Crippen molar-refractivity contribution in [3.05, 3.63) is 29.8 Å². The molecule has 0 saturated carbocycles. The molecule has 0 amide bonds. The number of nitrogens with two attached hydrogens (primary N) is 1. The largest absolute Gasteiger partial charge is 0.389 e. The Hall–Kier alpha value is -1.17. The van der Waals surface area contributed by atoms with E-state index >= 15 is 0 Å². The molecule has 0 heterocycles. The summed E-state index contributed by atoms with van der Waals surface area (Å²) in [6.07, 6.45) is 0.0373. The van der Waals surface area contributed by atoms with Gasteiger partial charge in [0.2, 0.25) is 0 Å². The molecule has 0 bridgehead atoms. The second-order valence-electron chi connectivity index (χ2n) is 3.64. The maximum atomic E-state index is 5.52. The van der Waals surface area contributed by atoms with Crippen LogP contribution in [-0.2, 0) is 9.47 Å². The van der Waals surface area contributed by atoms with E-state index < -0.39 is 0 Å². The van der Waals surface area contributed by atoms with Crippen molar-refractivity contribution >= 4 is 22.9 Å². The van der Waals surface area contributed by atoms with Crippen LogP contribution in [0.5, 0.6) is 0 Å². The molecule has 1 unspecified atom stereocenters. The number of methoxy groups -OCH3 is 2. The van der Waals surface area contributed by atoms with E-state index in [4.69, 9.17) is 27.4 Å². The Morgan fingerprint density at radius 1 is 1.35 bits per heavy atom. The van der Waals surface area contributed by atoms with Crippen LogP contribution in [-0.4, -0.2) is 38.5 Å². The minimum Gasteiger partial charge on any atom is -0.389 e. The number of hydrogen-bond acceptors (Lipinski definition) is 4. The molecule has 0 spiro atoms. The zero-order chi connectivity index (χ0) is 12.7. The van der Waals surface area contributed by atoms with Gasteiger partial charge in [-0.05, 0) is 24.3 Å². The summed E-state index contributed by atoms with van der Waals surface area (Å²) >= 11 is 4.89. The van der Waals surface area contributed by atoms with Gasteiger partial charge >= 0.3 is 0 Å². The van der Waals surface area contributed by atoms with Crippen LogP contribution in [0.15, 0.2) is 24.3 Å². The first-order valence-electron chi connectivity index (χ1n) is 5.33. The molecule has 0 saturated heterocycles. The van der Waals surface area contributed by atoms with Gasteiger partial charge in [0.05, 0.1) is 12.7 Å². The van der Waals surface area contributed by atoms with E-state index in [1.54, 1.807) is 14.2 Å². The molecule has 1 atom stereocenters. The van der Waals surface area contributed by atoms with Crippen molar-refractivity contribution in [3.8, 4) is 0 Å². The highest BCUT2D eigenvalue weighted by molar-refractivity contribution is 7.80. The van der Waals surface area contributed by atoms with Crippen LogP contribution in [0.2, 0.25) is 0 Å². The van der Waals surface area contributed by atoms with E-state index in [2.05, 4.69) is 5.32 Å². The molecule has 0 fully saturated rings. The van der Waals surface area contributed by atoms with Crippen molar-refractivity contribution in [2.75, 3.05) is 32.7 Å². The number of anilines is 1. The lowest BCUT2D eigenvalue weighted by atomic mass is 10.2. The first kappa shape index (κ1) is 13.9. The van der Waals surface area contributed by atoms with Gasteiger partial charge in [-0.25, -0.2) is 0 Å². The standard InChI is InChI=1S/C12H18N2O2S/c1-15-8-11(16-2)7-14-10-5-3-9(4-6-10)12(13)17/h3-6,11,14H,7-8H2,1-2H3,(H2,13,17). The predicted octanol–water partition coefficient (Wildman–Crippen LogP) is 1.39. The fraction of sp³-hybridized carbons (Fsp3) is 0.417. The van der Waals surface area contributed by atoms with Crippen molar-refractivity contribution in [2.45, 2.75) is 6.10 Å². The van der Waals surface area contributed by atoms with Crippen molar-refractivity contribution in [1.82, 2.24) is 0 Å². The average molecular weight is 254 g/mol. The lowest BCUT2D eigenvalue weighted by Crippen LogP contribution is -2.26. The summed E-state index contributed by atoms with van der Waals surface area (Å²) in [5.41, 5.74) is 7.39. The minimum atomic E-state index is 0.0373. The zero-order valence-electron chi connectivity index (χ0n) is 10.1. The smallest absolute Gasteiger partial charge is 0.103 e. The van der Waals surface area contributed by atoms with Gasteiger partial charge in [-0.3, -0.25) is 0 Å². The summed E-state index contributed by atoms with van der Waals surface area (Å²) in [6.45, 7) is 1.26. The van der Waals surface area contributed by atoms with E-state index in [1.165, 1.54) is 0 Å². The number of thiocarbonyl (C=S) groups is 1. The van der Waals surface area contributed by atoms with E-state index in [0.717, 1.165) is 11.3 Å². The van der Waals surface area contributed by atoms with Crippen molar-refractivity contribution in [1.29, 1.82) is 0 Å². The molecule has 1 rings (SSSR count). The Bertz CT molecular complexity index is 354. The molecule has 0 aromatic heterocycles. The van der Waals surface area contributed by atoms with Crippen LogP contribution in [0.25, 0.3) is 0 Å². The van der Waals surface area contributed by atoms with Crippen molar-refractivity contribution < 1.29 is 9.47 Å². The lowest BCUT2D eigenvalue weighted by Gasteiger charge is -2.15. The SMILES string of the molecule is COCC(CNc1ccc(C(N)=S)cc1)OC. The predicted molar refractivity (Wildman–Crippen MR) is 73.5 cm³/mol. The quantitative estimate of drug-likeness (QED) is 0.720. The van der Waals surface area contributed by atoms with Crippen LogP contribution in [0, 0.1) is 0 Å². The maximum Gasteiger partial charge on any atom is 0.103 e. The van der Waals surface area contributed by atoms with Crippen LogP contribution < -0.4 is 11.1 Å².